The topological polar surface area (TPSA) is 126 Å². The Balaban J connectivity index is 0.000000409. The number of allylic oxidation sites excluding steroid dienone is 1. The number of esters is 2. The highest BCUT2D eigenvalue weighted by molar-refractivity contribution is 8.07. The zero-order chi connectivity index (χ0) is 40.6. The van der Waals surface area contributed by atoms with E-state index in [0.29, 0.717) is 23.1 Å². The number of rotatable bonds is 12. The molecule has 10 nitrogen and oxygen atoms in total. The number of carbonyl (C=O) groups excluding carboxylic acids is 2. The minimum Gasteiger partial charge on any atom is -0.457 e. The van der Waals surface area contributed by atoms with E-state index < -0.39 is 60.5 Å². The molecule has 3 unspecified atom stereocenters. The summed E-state index contributed by atoms with van der Waals surface area (Å²) in [5.41, 5.74) is -0.534. The fourth-order valence-electron chi connectivity index (χ4n) is 4.62. The summed E-state index contributed by atoms with van der Waals surface area (Å²) in [7, 11) is 2.74. The number of benzene rings is 2. The molecule has 2 aromatic carbocycles. The SMILES string of the molecule is CC1(C)C(/C=C\C(=O)OC(C(F)(F)F)C(F)(F)F)C1C(=O)OC(C#N)c1cccc(Oc2ccccc2)c1.COP(=S)(OC)Oc1nc(Cl)c(Cl)cc1Cl. The van der Waals surface area contributed by atoms with Crippen LogP contribution in [0.5, 0.6) is 17.4 Å². The van der Waals surface area contributed by atoms with Crippen molar-refractivity contribution in [3.63, 3.8) is 0 Å². The molecule has 1 heterocycles. The van der Waals surface area contributed by atoms with Gasteiger partial charge in [-0.1, -0.05) is 85.1 Å². The Morgan fingerprint density at radius 2 is 1.52 bits per heavy atom. The Bertz CT molecular complexity index is 1910. The molecule has 1 saturated carbocycles. The van der Waals surface area contributed by atoms with Gasteiger partial charge >= 0.3 is 31.0 Å². The molecule has 1 aliphatic rings. The monoisotopic (exact) mass is 862 g/mol. The van der Waals surface area contributed by atoms with Crippen LogP contribution in [0, 0.1) is 28.6 Å². The third kappa shape index (κ3) is 12.2. The molecule has 1 aromatic heterocycles. The van der Waals surface area contributed by atoms with E-state index in [9.17, 15) is 41.2 Å². The van der Waals surface area contributed by atoms with E-state index in [4.69, 9.17) is 69.7 Å². The predicted octanol–water partition coefficient (Wildman–Crippen LogP) is 10.4. The molecule has 3 atom stereocenters. The molecule has 1 aliphatic carbocycles. The van der Waals surface area contributed by atoms with E-state index in [0.717, 1.165) is 6.08 Å². The second-order valence-electron chi connectivity index (χ2n) is 11.5. The number of hydrogen-bond donors (Lipinski definition) is 0. The standard InChI is InChI=1S/C26H21F6NO5.C7H7Cl3NO3PS/c1-24(2)18(11-12-20(34)38-23(25(27,28)29)26(30,31)32)21(24)22(35)37-19(14-33)15-7-6-10-17(13-15)36-16-8-4-3-5-9-16;1-12-15(16,13-2)14-7-5(9)3-4(8)6(10)11-7/h3-13,18-19,21,23H,1-2H3;3H,1-2H3/b12-11-;. The Labute approximate surface area is 325 Å². The smallest absolute Gasteiger partial charge is 0.434 e. The lowest BCUT2D eigenvalue weighted by Crippen LogP contribution is -2.45. The third-order valence-corrected chi connectivity index (χ3v) is 10.8. The van der Waals surface area contributed by atoms with Crippen molar-refractivity contribution in [2.45, 2.75) is 38.4 Å². The van der Waals surface area contributed by atoms with Crippen LogP contribution in [-0.2, 0) is 39.9 Å². The summed E-state index contributed by atoms with van der Waals surface area (Å²) in [4.78, 5) is 28.3. The van der Waals surface area contributed by atoms with Gasteiger partial charge in [0.1, 0.15) is 22.6 Å². The molecule has 3 aromatic rings. The van der Waals surface area contributed by atoms with Crippen LogP contribution in [0.3, 0.4) is 0 Å². The number of para-hydroxylation sites is 1. The van der Waals surface area contributed by atoms with E-state index in [2.05, 4.69) is 9.72 Å². The van der Waals surface area contributed by atoms with Crippen molar-refractivity contribution < 1.29 is 63.7 Å². The van der Waals surface area contributed by atoms with Crippen LogP contribution in [0.25, 0.3) is 0 Å². The molecule has 0 saturated heterocycles. The van der Waals surface area contributed by atoms with Crippen LogP contribution in [0.1, 0.15) is 25.5 Å². The van der Waals surface area contributed by atoms with Crippen molar-refractivity contribution in [3.8, 4) is 23.4 Å². The van der Waals surface area contributed by atoms with Gasteiger partial charge in [0.05, 0.1) is 10.9 Å². The summed E-state index contributed by atoms with van der Waals surface area (Å²) >= 11 is 22.3. The fraction of sp³-hybridized carbons (Fsp3) is 0.333. The van der Waals surface area contributed by atoms with E-state index >= 15 is 0 Å². The number of nitriles is 1. The lowest BCUT2D eigenvalue weighted by molar-refractivity contribution is -0.312. The number of halogens is 9. The molecule has 0 spiro atoms. The first-order valence-electron chi connectivity index (χ1n) is 14.9. The first kappa shape index (κ1) is 44.8. The van der Waals surface area contributed by atoms with E-state index in [1.54, 1.807) is 62.4 Å². The molecular weight excluding hydrogens is 836 g/mol. The van der Waals surface area contributed by atoms with E-state index in [1.807, 2.05) is 6.07 Å². The molecule has 0 aliphatic heterocycles. The summed E-state index contributed by atoms with van der Waals surface area (Å²) < 4.78 is 105. The summed E-state index contributed by atoms with van der Waals surface area (Å²) in [6.45, 7) is 0.293. The molecule has 0 amide bonds. The van der Waals surface area contributed by atoms with Crippen LogP contribution in [0.2, 0.25) is 15.2 Å². The predicted molar refractivity (Wildman–Crippen MR) is 187 cm³/mol. The maximum absolute atomic E-state index is 12.8. The fourth-order valence-corrected chi connectivity index (χ4v) is 6.06. The lowest BCUT2D eigenvalue weighted by atomic mass is 10.1. The molecule has 0 N–H and O–H groups in total. The van der Waals surface area contributed by atoms with Crippen molar-refractivity contribution in [1.82, 2.24) is 4.98 Å². The van der Waals surface area contributed by atoms with E-state index in [-0.39, 0.29) is 21.1 Å². The van der Waals surface area contributed by atoms with Crippen molar-refractivity contribution in [2.75, 3.05) is 14.2 Å². The zero-order valence-electron chi connectivity index (χ0n) is 28.2. The quantitative estimate of drug-likeness (QED) is 0.0568. The van der Waals surface area contributed by atoms with Gasteiger partial charge < -0.3 is 27.8 Å². The first-order chi connectivity index (χ1) is 25.1. The van der Waals surface area contributed by atoms with Gasteiger partial charge in [-0.25, -0.2) is 4.79 Å². The van der Waals surface area contributed by atoms with Gasteiger partial charge in [0, 0.05) is 37.7 Å². The highest BCUT2D eigenvalue weighted by Gasteiger charge is 2.62. The van der Waals surface area contributed by atoms with Gasteiger partial charge in [-0.2, -0.15) is 36.6 Å². The summed E-state index contributed by atoms with van der Waals surface area (Å²) in [6, 6.07) is 18.3. The molecule has 292 valence electrons. The van der Waals surface area contributed by atoms with Crippen LogP contribution < -0.4 is 9.26 Å². The van der Waals surface area contributed by atoms with Gasteiger partial charge in [0.25, 0.3) is 6.10 Å². The number of pyridine rings is 1. The molecule has 21 heteroatoms. The maximum Gasteiger partial charge on any atom is 0.434 e. The Morgan fingerprint density at radius 1 is 0.926 bits per heavy atom. The van der Waals surface area contributed by atoms with Crippen molar-refractivity contribution in [1.29, 1.82) is 5.26 Å². The number of alkyl halides is 6. The molecule has 0 bridgehead atoms. The van der Waals surface area contributed by atoms with Gasteiger partial charge in [0.2, 0.25) is 12.0 Å². The van der Waals surface area contributed by atoms with Crippen LogP contribution in [0.4, 0.5) is 26.3 Å². The van der Waals surface area contributed by atoms with E-state index in [1.165, 1.54) is 26.4 Å². The van der Waals surface area contributed by atoms with Gasteiger partial charge in [-0.15, -0.1) is 0 Å². The lowest BCUT2D eigenvalue weighted by Gasteiger charge is -2.22. The van der Waals surface area contributed by atoms with Gasteiger partial charge in [0.15, 0.2) is 5.15 Å². The second kappa shape index (κ2) is 18.3. The number of carbonyl (C=O) groups is 2. The molecule has 0 radical (unpaired) electrons. The van der Waals surface area contributed by atoms with Crippen LogP contribution in [-0.4, -0.2) is 49.6 Å². The number of ether oxygens (including phenoxy) is 3. The maximum atomic E-state index is 12.8. The van der Waals surface area contributed by atoms with Crippen LogP contribution in [0.15, 0.2) is 72.8 Å². The minimum atomic E-state index is -5.84. The van der Waals surface area contributed by atoms with Crippen molar-refractivity contribution in [2.24, 2.45) is 17.3 Å². The average molecular weight is 864 g/mol. The molecule has 4 rings (SSSR count). The molecule has 1 fully saturated rings. The highest BCUT2D eigenvalue weighted by Crippen LogP contribution is 2.60. The normalized spacial score (nSPS) is 17.1. The molecule has 54 heavy (non-hydrogen) atoms. The second-order valence-corrected chi connectivity index (χ2v) is 15.8. The third-order valence-electron chi connectivity index (χ3n) is 7.42. The average Bonchev–Trinajstić information content (AvgIpc) is 3.66. The highest BCUT2D eigenvalue weighted by atomic mass is 35.5. The van der Waals surface area contributed by atoms with Crippen molar-refractivity contribution >= 4 is 65.3 Å². The number of nitrogens with zero attached hydrogens (tertiary/aromatic N) is 2. The van der Waals surface area contributed by atoms with Crippen molar-refractivity contribution in [3.05, 3.63) is 93.6 Å². The Kier molecular flexibility index (Phi) is 15.2. The largest absolute Gasteiger partial charge is 0.457 e. The summed E-state index contributed by atoms with van der Waals surface area (Å²) in [6.07, 6.45) is -15.9. The Hall–Kier alpha value is -3.62. The summed E-state index contributed by atoms with van der Waals surface area (Å²) in [5.74, 6) is -3.42. The number of hydrogen-bond acceptors (Lipinski definition) is 11. The molecular formula is C33H28Cl3F6N2O8PS. The minimum absolute atomic E-state index is 0.0306. The van der Waals surface area contributed by atoms with Gasteiger partial charge in [-0.05, 0) is 41.7 Å². The Morgan fingerprint density at radius 3 is 2.07 bits per heavy atom. The number of aromatic nitrogens is 1. The summed E-state index contributed by atoms with van der Waals surface area (Å²) in [5, 5.41) is 10.0. The first-order valence-corrected chi connectivity index (χ1v) is 18.6. The van der Waals surface area contributed by atoms with Gasteiger partial charge in [-0.3, -0.25) is 4.79 Å². The van der Waals surface area contributed by atoms with Crippen LogP contribution >= 0.6 is 41.5 Å². The zero-order valence-corrected chi connectivity index (χ0v) is 32.1.